The van der Waals surface area contributed by atoms with Gasteiger partial charge in [0.05, 0.1) is 6.04 Å². The molecule has 0 spiro atoms. The summed E-state index contributed by atoms with van der Waals surface area (Å²) < 4.78 is 0. The van der Waals surface area contributed by atoms with Gasteiger partial charge in [-0.3, -0.25) is 4.79 Å². The molecular formula is C14H22N2O. The number of carbonyl (C=O) groups is 1. The van der Waals surface area contributed by atoms with Crippen molar-refractivity contribution >= 4 is 5.91 Å². The summed E-state index contributed by atoms with van der Waals surface area (Å²) in [7, 11) is 0. The average molecular weight is 234 g/mol. The number of hydrogen-bond acceptors (Lipinski definition) is 2. The third-order valence-corrected chi connectivity index (χ3v) is 4.72. The molecule has 3 rings (SSSR count). The van der Waals surface area contributed by atoms with Crippen molar-refractivity contribution in [3.8, 4) is 0 Å². The Balaban J connectivity index is 1.58. The molecule has 0 aromatic rings. The maximum Gasteiger partial charge on any atom is 0.237 e. The molecule has 1 saturated carbocycles. The Kier molecular flexibility index (Phi) is 2.95. The molecule has 3 nitrogen and oxygen atoms in total. The van der Waals surface area contributed by atoms with Gasteiger partial charge < -0.3 is 10.6 Å². The third-order valence-electron chi connectivity index (χ3n) is 4.72. The van der Waals surface area contributed by atoms with Gasteiger partial charge in [0.1, 0.15) is 0 Å². The fraction of sp³-hybridized carbons (Fsp3) is 0.786. The van der Waals surface area contributed by atoms with Crippen LogP contribution >= 0.6 is 0 Å². The van der Waals surface area contributed by atoms with E-state index < -0.39 is 0 Å². The van der Waals surface area contributed by atoms with E-state index >= 15 is 0 Å². The highest BCUT2D eigenvalue weighted by atomic mass is 16.2. The summed E-state index contributed by atoms with van der Waals surface area (Å²) in [4.78, 5) is 11.7. The van der Waals surface area contributed by atoms with Crippen LogP contribution in [0.2, 0.25) is 0 Å². The highest BCUT2D eigenvalue weighted by Crippen LogP contribution is 2.44. The van der Waals surface area contributed by atoms with E-state index in [0.29, 0.717) is 6.04 Å². The molecule has 1 heterocycles. The minimum absolute atomic E-state index is 0.0434. The number of hydrogen-bond donors (Lipinski definition) is 2. The lowest BCUT2D eigenvalue weighted by Gasteiger charge is -2.31. The predicted molar refractivity (Wildman–Crippen MR) is 67.5 cm³/mol. The first kappa shape index (κ1) is 11.3. The van der Waals surface area contributed by atoms with Crippen molar-refractivity contribution in [2.45, 2.75) is 44.7 Å². The van der Waals surface area contributed by atoms with Gasteiger partial charge in [-0.1, -0.05) is 12.2 Å². The van der Waals surface area contributed by atoms with Crippen LogP contribution < -0.4 is 10.6 Å². The van der Waals surface area contributed by atoms with Crippen molar-refractivity contribution in [1.29, 1.82) is 0 Å². The number of rotatable bonds is 3. The van der Waals surface area contributed by atoms with E-state index in [1.807, 2.05) is 0 Å². The number of nitrogens with one attached hydrogen (secondary N) is 2. The Bertz CT molecular complexity index is 339. The first-order valence-corrected chi connectivity index (χ1v) is 6.96. The van der Waals surface area contributed by atoms with E-state index in [-0.39, 0.29) is 11.9 Å². The predicted octanol–water partition coefficient (Wildman–Crippen LogP) is 1.46. The van der Waals surface area contributed by atoms with Gasteiger partial charge in [-0.25, -0.2) is 0 Å². The average Bonchev–Trinajstić information content (AvgIpc) is 2.94. The highest BCUT2D eigenvalue weighted by Gasteiger charge is 2.39. The van der Waals surface area contributed by atoms with Crippen LogP contribution in [0.5, 0.6) is 0 Å². The Morgan fingerprint density at radius 1 is 1.41 bits per heavy atom. The van der Waals surface area contributed by atoms with Crippen LogP contribution in [-0.2, 0) is 4.79 Å². The van der Waals surface area contributed by atoms with Crippen molar-refractivity contribution < 1.29 is 4.79 Å². The molecule has 5 atom stereocenters. The molecule has 0 radical (unpaired) electrons. The molecule has 1 amide bonds. The molecule has 1 saturated heterocycles. The zero-order valence-corrected chi connectivity index (χ0v) is 10.5. The number of carbonyl (C=O) groups excluding carboxylic acids is 1. The second kappa shape index (κ2) is 4.45. The SMILES string of the molecule is CC(NC1CCCNC1=O)C1CC2C=CC1C2. The van der Waals surface area contributed by atoms with Crippen LogP contribution in [0.1, 0.15) is 32.6 Å². The lowest BCUT2D eigenvalue weighted by molar-refractivity contribution is -0.124. The van der Waals surface area contributed by atoms with Crippen LogP contribution in [0, 0.1) is 17.8 Å². The molecule has 3 aliphatic rings. The second-order valence-electron chi connectivity index (χ2n) is 5.89. The standard InChI is InChI=1S/C14H22N2O/c1-9(12-8-10-4-5-11(12)7-10)16-13-3-2-6-15-14(13)17/h4-5,9-13,16H,2-3,6-8H2,1H3,(H,15,17). The van der Waals surface area contributed by atoms with Crippen LogP contribution in [0.15, 0.2) is 12.2 Å². The topological polar surface area (TPSA) is 41.1 Å². The molecule has 3 heteroatoms. The zero-order chi connectivity index (χ0) is 11.8. The molecule has 2 N–H and O–H groups in total. The van der Waals surface area contributed by atoms with Gasteiger partial charge >= 0.3 is 0 Å². The largest absolute Gasteiger partial charge is 0.355 e. The minimum atomic E-state index is 0.0434. The zero-order valence-electron chi connectivity index (χ0n) is 10.5. The van der Waals surface area contributed by atoms with Gasteiger partial charge in [0.2, 0.25) is 5.91 Å². The molecular weight excluding hydrogens is 212 g/mol. The molecule has 94 valence electrons. The van der Waals surface area contributed by atoms with Gasteiger partial charge in [-0.15, -0.1) is 0 Å². The fourth-order valence-electron chi connectivity index (χ4n) is 3.77. The lowest BCUT2D eigenvalue weighted by atomic mass is 9.87. The van der Waals surface area contributed by atoms with Crippen molar-refractivity contribution in [3.63, 3.8) is 0 Å². The summed E-state index contributed by atoms with van der Waals surface area (Å²) in [5.74, 6) is 2.50. The Hall–Kier alpha value is -0.830. The summed E-state index contributed by atoms with van der Waals surface area (Å²) in [6.07, 6.45) is 9.51. The summed E-state index contributed by atoms with van der Waals surface area (Å²) in [6, 6.07) is 0.505. The molecule has 2 aliphatic carbocycles. The van der Waals surface area contributed by atoms with Gasteiger partial charge in [0, 0.05) is 12.6 Å². The Morgan fingerprint density at radius 3 is 2.94 bits per heavy atom. The van der Waals surface area contributed by atoms with Crippen LogP contribution in [0.25, 0.3) is 0 Å². The normalized spacial score (nSPS) is 41.6. The Morgan fingerprint density at radius 2 is 2.29 bits per heavy atom. The number of piperidine rings is 1. The van der Waals surface area contributed by atoms with Gasteiger partial charge in [-0.2, -0.15) is 0 Å². The molecule has 5 unspecified atom stereocenters. The van der Waals surface area contributed by atoms with E-state index in [1.54, 1.807) is 0 Å². The summed E-state index contributed by atoms with van der Waals surface area (Å²) in [6.45, 7) is 3.10. The van der Waals surface area contributed by atoms with Crippen LogP contribution in [-0.4, -0.2) is 24.5 Å². The lowest BCUT2D eigenvalue weighted by Crippen LogP contribution is -2.52. The first-order valence-electron chi connectivity index (χ1n) is 6.96. The van der Waals surface area contributed by atoms with Gasteiger partial charge in [0.15, 0.2) is 0 Å². The quantitative estimate of drug-likeness (QED) is 0.726. The second-order valence-corrected chi connectivity index (χ2v) is 5.89. The van der Waals surface area contributed by atoms with E-state index in [2.05, 4.69) is 29.7 Å². The first-order chi connectivity index (χ1) is 8.24. The van der Waals surface area contributed by atoms with E-state index in [0.717, 1.165) is 37.1 Å². The maximum atomic E-state index is 11.7. The van der Waals surface area contributed by atoms with Gasteiger partial charge in [-0.05, 0) is 50.4 Å². The molecule has 1 aliphatic heterocycles. The van der Waals surface area contributed by atoms with Crippen LogP contribution in [0.3, 0.4) is 0 Å². The van der Waals surface area contributed by atoms with Crippen molar-refractivity contribution in [1.82, 2.24) is 10.6 Å². The van der Waals surface area contributed by atoms with Crippen molar-refractivity contribution in [2.24, 2.45) is 17.8 Å². The maximum absolute atomic E-state index is 11.7. The van der Waals surface area contributed by atoms with Crippen LogP contribution in [0.4, 0.5) is 0 Å². The number of fused-ring (bicyclic) bond motifs is 2. The minimum Gasteiger partial charge on any atom is -0.355 e. The molecule has 2 bridgehead atoms. The highest BCUT2D eigenvalue weighted by molar-refractivity contribution is 5.82. The third kappa shape index (κ3) is 2.13. The molecule has 2 fully saturated rings. The summed E-state index contributed by atoms with van der Waals surface area (Å²) in [5.41, 5.74) is 0. The molecule has 0 aromatic carbocycles. The Labute approximate surface area is 103 Å². The number of amides is 1. The number of allylic oxidation sites excluding steroid dienone is 2. The van der Waals surface area contributed by atoms with Crippen molar-refractivity contribution in [3.05, 3.63) is 12.2 Å². The molecule has 17 heavy (non-hydrogen) atoms. The van der Waals surface area contributed by atoms with Crippen molar-refractivity contribution in [2.75, 3.05) is 6.54 Å². The van der Waals surface area contributed by atoms with E-state index in [4.69, 9.17) is 0 Å². The molecule has 0 aromatic heterocycles. The van der Waals surface area contributed by atoms with Gasteiger partial charge in [0.25, 0.3) is 0 Å². The monoisotopic (exact) mass is 234 g/mol. The smallest absolute Gasteiger partial charge is 0.237 e. The summed E-state index contributed by atoms with van der Waals surface area (Å²) in [5, 5.41) is 6.50. The van der Waals surface area contributed by atoms with E-state index in [9.17, 15) is 4.79 Å². The fourth-order valence-corrected chi connectivity index (χ4v) is 3.77. The van der Waals surface area contributed by atoms with E-state index in [1.165, 1.54) is 12.8 Å². The summed E-state index contributed by atoms with van der Waals surface area (Å²) >= 11 is 0.